The van der Waals surface area contributed by atoms with Gasteiger partial charge in [0, 0.05) is 16.8 Å². The number of amides is 3. The van der Waals surface area contributed by atoms with Crippen LogP contribution in [-0.4, -0.2) is 24.8 Å². The second kappa shape index (κ2) is 9.38. The van der Waals surface area contributed by atoms with Crippen LogP contribution in [0.1, 0.15) is 36.6 Å². The highest BCUT2D eigenvalue weighted by molar-refractivity contribution is 6.05. The third-order valence-electron chi connectivity index (χ3n) is 4.33. The first kappa shape index (κ1) is 20.6. The number of rotatable bonds is 5. The number of carbonyl (C=O) groups is 3. The van der Waals surface area contributed by atoms with Crippen molar-refractivity contribution in [2.24, 2.45) is 0 Å². The summed E-state index contributed by atoms with van der Waals surface area (Å²) in [5, 5.41) is 2.78. The zero-order valence-corrected chi connectivity index (χ0v) is 16.6. The Morgan fingerprint density at radius 1 is 0.733 bits per heavy atom. The molecule has 0 saturated heterocycles. The van der Waals surface area contributed by atoms with Crippen LogP contribution < -0.4 is 20.9 Å². The fourth-order valence-electron chi connectivity index (χ4n) is 2.78. The van der Waals surface area contributed by atoms with Gasteiger partial charge in [-0.2, -0.15) is 0 Å². The van der Waals surface area contributed by atoms with E-state index in [1.165, 1.54) is 7.11 Å². The zero-order chi connectivity index (χ0) is 21.5. The fraction of sp³-hybridized carbons (Fsp3) is 0.0870. The van der Waals surface area contributed by atoms with Crippen molar-refractivity contribution in [3.63, 3.8) is 0 Å². The van der Waals surface area contributed by atoms with Crippen molar-refractivity contribution in [1.82, 2.24) is 10.9 Å². The molecule has 0 bridgehead atoms. The van der Waals surface area contributed by atoms with E-state index >= 15 is 0 Å². The number of hydrogen-bond donors (Lipinski definition) is 3. The molecule has 0 aliphatic carbocycles. The molecule has 3 N–H and O–H groups in total. The maximum atomic E-state index is 12.3. The SMILES string of the molecule is COc1ccccc1C(=O)NNC(=O)c1ccc(NC(=O)c2cccc(C)c2)cc1. The van der Waals surface area contributed by atoms with Gasteiger partial charge in [0.1, 0.15) is 5.75 Å². The van der Waals surface area contributed by atoms with E-state index in [9.17, 15) is 14.4 Å². The fourth-order valence-corrected chi connectivity index (χ4v) is 2.78. The van der Waals surface area contributed by atoms with Crippen LogP contribution in [0.5, 0.6) is 5.75 Å². The summed E-state index contributed by atoms with van der Waals surface area (Å²) in [7, 11) is 1.46. The molecule has 0 heterocycles. The number of para-hydroxylation sites is 1. The first-order valence-electron chi connectivity index (χ1n) is 9.19. The summed E-state index contributed by atoms with van der Waals surface area (Å²) >= 11 is 0. The number of aryl methyl sites for hydroxylation is 1. The molecule has 0 atom stereocenters. The molecule has 3 aromatic carbocycles. The average molecular weight is 403 g/mol. The Labute approximate surface area is 174 Å². The molecular formula is C23H21N3O4. The molecule has 0 aliphatic rings. The number of benzene rings is 3. The predicted molar refractivity (Wildman–Crippen MR) is 114 cm³/mol. The first-order valence-corrected chi connectivity index (χ1v) is 9.19. The lowest BCUT2D eigenvalue weighted by atomic mass is 10.1. The summed E-state index contributed by atoms with van der Waals surface area (Å²) in [5.41, 5.74) is 7.43. The standard InChI is InChI=1S/C23H21N3O4/c1-15-6-5-7-17(14-15)21(27)24-18-12-10-16(11-13-18)22(28)25-26-23(29)19-8-3-4-9-20(19)30-2/h3-14H,1-2H3,(H,24,27)(H,25,28)(H,26,29). The van der Waals surface area contributed by atoms with E-state index in [-0.39, 0.29) is 5.91 Å². The summed E-state index contributed by atoms with van der Waals surface area (Å²) in [4.78, 5) is 36.8. The summed E-state index contributed by atoms with van der Waals surface area (Å²) < 4.78 is 5.13. The van der Waals surface area contributed by atoms with Gasteiger partial charge in [-0.3, -0.25) is 25.2 Å². The van der Waals surface area contributed by atoms with Crippen LogP contribution in [0.25, 0.3) is 0 Å². The third kappa shape index (κ3) is 5.02. The van der Waals surface area contributed by atoms with Crippen LogP contribution in [0.15, 0.2) is 72.8 Å². The van der Waals surface area contributed by atoms with Gasteiger partial charge in [0.05, 0.1) is 12.7 Å². The minimum Gasteiger partial charge on any atom is -0.496 e. The number of methoxy groups -OCH3 is 1. The Morgan fingerprint density at radius 2 is 1.43 bits per heavy atom. The molecule has 3 rings (SSSR count). The highest BCUT2D eigenvalue weighted by atomic mass is 16.5. The molecule has 7 heteroatoms. The van der Waals surface area contributed by atoms with E-state index in [4.69, 9.17) is 4.74 Å². The number of hydrazine groups is 1. The Morgan fingerprint density at radius 3 is 2.13 bits per heavy atom. The van der Waals surface area contributed by atoms with Gasteiger partial charge in [-0.05, 0) is 55.5 Å². The zero-order valence-electron chi connectivity index (χ0n) is 16.6. The van der Waals surface area contributed by atoms with Gasteiger partial charge in [-0.1, -0.05) is 29.8 Å². The maximum Gasteiger partial charge on any atom is 0.273 e. The first-order chi connectivity index (χ1) is 14.5. The molecule has 0 radical (unpaired) electrons. The maximum absolute atomic E-state index is 12.3. The molecule has 0 spiro atoms. The van der Waals surface area contributed by atoms with Gasteiger partial charge >= 0.3 is 0 Å². The molecule has 0 saturated carbocycles. The van der Waals surface area contributed by atoms with E-state index in [2.05, 4.69) is 16.2 Å². The highest BCUT2D eigenvalue weighted by Gasteiger charge is 2.13. The normalized spacial score (nSPS) is 10.1. The molecular weight excluding hydrogens is 382 g/mol. The second-order valence-corrected chi connectivity index (χ2v) is 6.51. The predicted octanol–water partition coefficient (Wildman–Crippen LogP) is 3.33. The Kier molecular flexibility index (Phi) is 6.44. The van der Waals surface area contributed by atoms with Crippen molar-refractivity contribution in [1.29, 1.82) is 0 Å². The number of anilines is 1. The number of ether oxygens (including phenoxy) is 1. The topological polar surface area (TPSA) is 96.5 Å². The van der Waals surface area contributed by atoms with Crippen LogP contribution in [-0.2, 0) is 0 Å². The smallest absolute Gasteiger partial charge is 0.273 e. The summed E-state index contributed by atoms with van der Waals surface area (Å²) in [5.74, 6) is -0.824. The lowest BCUT2D eigenvalue weighted by Gasteiger charge is -2.11. The molecule has 7 nitrogen and oxygen atoms in total. The van der Waals surface area contributed by atoms with E-state index in [1.807, 2.05) is 19.1 Å². The molecule has 152 valence electrons. The van der Waals surface area contributed by atoms with Gasteiger partial charge in [-0.25, -0.2) is 0 Å². The van der Waals surface area contributed by atoms with E-state index in [0.29, 0.717) is 28.1 Å². The molecule has 3 aromatic rings. The van der Waals surface area contributed by atoms with Crippen molar-refractivity contribution < 1.29 is 19.1 Å². The van der Waals surface area contributed by atoms with Crippen LogP contribution in [0.3, 0.4) is 0 Å². The van der Waals surface area contributed by atoms with Crippen LogP contribution >= 0.6 is 0 Å². The van der Waals surface area contributed by atoms with E-state index in [1.54, 1.807) is 60.7 Å². The van der Waals surface area contributed by atoms with Gasteiger partial charge in [0.25, 0.3) is 17.7 Å². The van der Waals surface area contributed by atoms with E-state index in [0.717, 1.165) is 5.56 Å². The Bertz CT molecular complexity index is 1080. The molecule has 30 heavy (non-hydrogen) atoms. The molecule has 3 amide bonds. The Balaban J connectivity index is 1.58. The van der Waals surface area contributed by atoms with Crippen molar-refractivity contribution in [2.45, 2.75) is 6.92 Å². The number of nitrogens with one attached hydrogen (secondary N) is 3. The van der Waals surface area contributed by atoms with Crippen molar-refractivity contribution >= 4 is 23.4 Å². The lowest BCUT2D eigenvalue weighted by molar-refractivity contribution is 0.0845. The molecule has 0 aromatic heterocycles. The van der Waals surface area contributed by atoms with Crippen LogP contribution in [0.4, 0.5) is 5.69 Å². The largest absolute Gasteiger partial charge is 0.496 e. The Hall–Kier alpha value is -4.13. The summed E-state index contributed by atoms with van der Waals surface area (Å²) in [6.07, 6.45) is 0. The monoisotopic (exact) mass is 403 g/mol. The lowest BCUT2D eigenvalue weighted by Crippen LogP contribution is -2.41. The number of hydrogen-bond acceptors (Lipinski definition) is 4. The number of carbonyl (C=O) groups excluding carboxylic acids is 3. The average Bonchev–Trinajstić information content (AvgIpc) is 2.77. The molecule has 0 fully saturated rings. The van der Waals surface area contributed by atoms with E-state index < -0.39 is 11.8 Å². The highest BCUT2D eigenvalue weighted by Crippen LogP contribution is 2.16. The van der Waals surface area contributed by atoms with Crippen molar-refractivity contribution in [3.8, 4) is 5.75 Å². The van der Waals surface area contributed by atoms with Gasteiger partial charge in [0.2, 0.25) is 0 Å². The molecule has 0 unspecified atom stereocenters. The minimum absolute atomic E-state index is 0.236. The van der Waals surface area contributed by atoms with Gasteiger partial charge in [0.15, 0.2) is 0 Å². The van der Waals surface area contributed by atoms with Crippen molar-refractivity contribution in [2.75, 3.05) is 12.4 Å². The molecule has 0 aliphatic heterocycles. The van der Waals surface area contributed by atoms with Crippen LogP contribution in [0, 0.1) is 6.92 Å². The third-order valence-corrected chi connectivity index (χ3v) is 4.33. The second-order valence-electron chi connectivity index (χ2n) is 6.51. The summed E-state index contributed by atoms with van der Waals surface area (Å²) in [6.45, 7) is 1.91. The summed E-state index contributed by atoms with van der Waals surface area (Å²) in [6, 6.07) is 20.3. The minimum atomic E-state index is -0.497. The van der Waals surface area contributed by atoms with Gasteiger partial charge in [-0.15, -0.1) is 0 Å². The van der Waals surface area contributed by atoms with Crippen LogP contribution in [0.2, 0.25) is 0 Å². The quantitative estimate of drug-likeness (QED) is 0.570. The van der Waals surface area contributed by atoms with Gasteiger partial charge < -0.3 is 10.1 Å². The van der Waals surface area contributed by atoms with Crippen molar-refractivity contribution in [3.05, 3.63) is 95.1 Å².